The molecule has 0 radical (unpaired) electrons. The highest BCUT2D eigenvalue weighted by Gasteiger charge is 2.11. The number of nitrogens with zero attached hydrogens (tertiary/aromatic N) is 4. The van der Waals surface area contributed by atoms with Crippen LogP contribution in [-0.2, 0) is 27.5 Å². The second-order valence-electron chi connectivity index (χ2n) is 5.38. The van der Waals surface area contributed by atoms with Gasteiger partial charge in [-0.15, -0.1) is 16.9 Å². The van der Waals surface area contributed by atoms with Gasteiger partial charge in [0.2, 0.25) is 5.91 Å². The van der Waals surface area contributed by atoms with E-state index in [0.29, 0.717) is 23.1 Å². The van der Waals surface area contributed by atoms with Gasteiger partial charge >= 0.3 is 5.97 Å². The average molecular weight is 398 g/mol. The van der Waals surface area contributed by atoms with E-state index in [0.717, 1.165) is 12.8 Å². The molecular weight excluding hydrogens is 378 g/mol. The summed E-state index contributed by atoms with van der Waals surface area (Å²) in [7, 11) is 0. The average Bonchev–Trinajstić information content (AvgIpc) is 3.07. The number of nitrogens with one attached hydrogen (secondary N) is 1. The highest BCUT2D eigenvalue weighted by Crippen LogP contribution is 2.14. The summed E-state index contributed by atoms with van der Waals surface area (Å²) in [5.74, 6) is 0.113. The molecule has 26 heavy (non-hydrogen) atoms. The molecule has 1 aromatic heterocycles. The first kappa shape index (κ1) is 20.2. The number of ether oxygens (including phenoxy) is 1. The molecule has 1 aromatic carbocycles. The zero-order chi connectivity index (χ0) is 18.8. The van der Waals surface area contributed by atoms with E-state index < -0.39 is 5.97 Å². The number of unbranched alkanes of at least 4 members (excludes halogenated alkanes) is 1. The second kappa shape index (κ2) is 10.8. The molecule has 0 aliphatic rings. The van der Waals surface area contributed by atoms with E-state index in [9.17, 15) is 9.59 Å². The summed E-state index contributed by atoms with van der Waals surface area (Å²) in [6.45, 7) is 2.79. The lowest BCUT2D eigenvalue weighted by Crippen LogP contribution is -2.16. The van der Waals surface area contributed by atoms with Crippen molar-refractivity contribution in [2.24, 2.45) is 0 Å². The number of benzene rings is 1. The quantitative estimate of drug-likeness (QED) is 0.615. The number of halogens is 1. The Morgan fingerprint density at radius 3 is 2.77 bits per heavy atom. The Kier molecular flexibility index (Phi) is 8.36. The first-order chi connectivity index (χ1) is 12.6. The summed E-state index contributed by atoms with van der Waals surface area (Å²) in [5, 5.41) is 14.6. The number of carbonyl (C=O) groups excluding carboxylic acids is 2. The largest absolute Gasteiger partial charge is 0.457 e. The van der Waals surface area contributed by atoms with E-state index >= 15 is 0 Å². The molecule has 0 aliphatic heterocycles. The number of tetrazole rings is 1. The first-order valence-electron chi connectivity index (χ1n) is 8.12. The minimum absolute atomic E-state index is 0.0209. The second-order valence-corrected chi connectivity index (χ2v) is 6.80. The number of aryl methyl sites for hydroxylation is 1. The number of hydrogen-bond donors (Lipinski definition) is 1. The van der Waals surface area contributed by atoms with Gasteiger partial charge in [0.15, 0.2) is 12.4 Å². The summed E-state index contributed by atoms with van der Waals surface area (Å²) in [5.41, 5.74) is 0.654. The Balaban J connectivity index is 1.65. The third kappa shape index (κ3) is 7.01. The third-order valence-corrected chi connectivity index (χ3v) is 4.43. The van der Waals surface area contributed by atoms with Gasteiger partial charge in [-0.1, -0.05) is 24.9 Å². The van der Waals surface area contributed by atoms with Crippen molar-refractivity contribution < 1.29 is 14.3 Å². The van der Waals surface area contributed by atoms with E-state index in [1.165, 1.54) is 11.8 Å². The van der Waals surface area contributed by atoms with E-state index in [2.05, 4.69) is 27.8 Å². The van der Waals surface area contributed by atoms with Crippen LogP contribution in [0.25, 0.3) is 0 Å². The lowest BCUT2D eigenvalue weighted by Gasteiger charge is -2.06. The van der Waals surface area contributed by atoms with Gasteiger partial charge in [-0.25, -0.2) is 4.68 Å². The molecule has 0 fully saturated rings. The molecule has 2 rings (SSSR count). The van der Waals surface area contributed by atoms with Crippen molar-refractivity contribution in [1.82, 2.24) is 20.2 Å². The van der Waals surface area contributed by atoms with Crippen LogP contribution in [0.5, 0.6) is 0 Å². The van der Waals surface area contributed by atoms with Crippen molar-refractivity contribution >= 4 is 40.9 Å². The molecule has 0 atom stereocenters. The molecule has 10 heteroatoms. The van der Waals surface area contributed by atoms with Gasteiger partial charge in [0.05, 0.1) is 11.5 Å². The minimum atomic E-state index is -0.417. The van der Waals surface area contributed by atoms with E-state index in [1.54, 1.807) is 28.9 Å². The van der Waals surface area contributed by atoms with Crippen LogP contribution in [0, 0.1) is 0 Å². The maximum Gasteiger partial charge on any atom is 0.316 e. The number of anilines is 1. The van der Waals surface area contributed by atoms with E-state index in [-0.39, 0.29) is 24.0 Å². The van der Waals surface area contributed by atoms with Crippen molar-refractivity contribution in [1.29, 1.82) is 0 Å². The normalized spacial score (nSPS) is 10.5. The Morgan fingerprint density at radius 1 is 1.27 bits per heavy atom. The molecule has 1 heterocycles. The molecule has 8 nitrogen and oxygen atoms in total. The number of aromatic nitrogens is 4. The Labute approximate surface area is 160 Å². The predicted molar refractivity (Wildman–Crippen MR) is 99.9 cm³/mol. The summed E-state index contributed by atoms with van der Waals surface area (Å²) in [6.07, 6.45) is 1.97. The standard InChI is InChI=1S/C16H20ClN5O3S/c1-2-3-8-22-14(19-20-21-22)9-25-16(24)11-26-10-15(23)18-13-6-4-12(17)5-7-13/h4-7H,2-3,8-11H2,1H3,(H,18,23). The van der Waals surface area contributed by atoms with Gasteiger partial charge in [-0.05, 0) is 41.1 Å². The highest BCUT2D eigenvalue weighted by molar-refractivity contribution is 8.00. The van der Waals surface area contributed by atoms with Crippen molar-refractivity contribution in [3.05, 3.63) is 35.1 Å². The van der Waals surface area contributed by atoms with Gasteiger partial charge in [-0.2, -0.15) is 0 Å². The maximum atomic E-state index is 11.8. The third-order valence-electron chi connectivity index (χ3n) is 3.27. The summed E-state index contributed by atoms with van der Waals surface area (Å²) >= 11 is 6.96. The first-order valence-corrected chi connectivity index (χ1v) is 9.65. The van der Waals surface area contributed by atoms with Crippen LogP contribution in [0.2, 0.25) is 5.02 Å². The minimum Gasteiger partial charge on any atom is -0.457 e. The summed E-state index contributed by atoms with van der Waals surface area (Å²) in [6, 6.07) is 6.80. The van der Waals surface area contributed by atoms with Crippen molar-refractivity contribution in [3.63, 3.8) is 0 Å². The highest BCUT2D eigenvalue weighted by atomic mass is 35.5. The number of thioether (sulfide) groups is 1. The fraction of sp³-hybridized carbons (Fsp3) is 0.438. The molecule has 0 spiro atoms. The van der Waals surface area contributed by atoms with Crippen LogP contribution in [0.1, 0.15) is 25.6 Å². The zero-order valence-corrected chi connectivity index (χ0v) is 15.9. The molecule has 0 aliphatic carbocycles. The molecule has 0 unspecified atom stereocenters. The SMILES string of the molecule is CCCCn1nnnc1COC(=O)CSCC(=O)Nc1ccc(Cl)cc1. The van der Waals surface area contributed by atoms with Gasteiger partial charge in [0, 0.05) is 17.3 Å². The molecule has 1 N–H and O–H groups in total. The molecule has 0 saturated heterocycles. The fourth-order valence-corrected chi connectivity index (χ4v) is 2.69. The smallest absolute Gasteiger partial charge is 0.316 e. The lowest BCUT2D eigenvalue weighted by molar-refractivity contribution is -0.142. The molecule has 140 valence electrons. The maximum absolute atomic E-state index is 11.8. The Morgan fingerprint density at radius 2 is 2.04 bits per heavy atom. The van der Waals surface area contributed by atoms with Gasteiger partial charge in [0.1, 0.15) is 0 Å². The molecule has 2 aromatic rings. The monoisotopic (exact) mass is 397 g/mol. The molecule has 0 saturated carbocycles. The van der Waals surface area contributed by atoms with Crippen LogP contribution < -0.4 is 5.32 Å². The number of rotatable bonds is 10. The van der Waals surface area contributed by atoms with Crippen LogP contribution in [-0.4, -0.2) is 43.6 Å². The molecule has 0 bridgehead atoms. The zero-order valence-electron chi connectivity index (χ0n) is 14.4. The van der Waals surface area contributed by atoms with Crippen molar-refractivity contribution in [2.45, 2.75) is 32.9 Å². The van der Waals surface area contributed by atoms with Crippen LogP contribution >= 0.6 is 23.4 Å². The summed E-state index contributed by atoms with van der Waals surface area (Å²) in [4.78, 5) is 23.6. The van der Waals surface area contributed by atoms with Gasteiger partial charge < -0.3 is 10.1 Å². The number of amides is 1. The Hall–Kier alpha value is -2.13. The molecular formula is C16H20ClN5O3S. The van der Waals surface area contributed by atoms with E-state index in [4.69, 9.17) is 16.3 Å². The van der Waals surface area contributed by atoms with Crippen LogP contribution in [0.15, 0.2) is 24.3 Å². The van der Waals surface area contributed by atoms with Gasteiger partial charge in [-0.3, -0.25) is 9.59 Å². The Bertz CT molecular complexity index is 723. The number of carbonyl (C=O) groups is 2. The van der Waals surface area contributed by atoms with E-state index in [1.807, 2.05) is 0 Å². The summed E-state index contributed by atoms with van der Waals surface area (Å²) < 4.78 is 6.78. The van der Waals surface area contributed by atoms with Gasteiger partial charge in [0.25, 0.3) is 0 Å². The number of esters is 1. The van der Waals surface area contributed by atoms with Crippen LogP contribution in [0.4, 0.5) is 5.69 Å². The van der Waals surface area contributed by atoms with Crippen molar-refractivity contribution in [2.75, 3.05) is 16.8 Å². The predicted octanol–water partition coefficient (Wildman–Crippen LogP) is 2.54. The fourth-order valence-electron chi connectivity index (χ4n) is 1.95. The van der Waals surface area contributed by atoms with Crippen LogP contribution in [0.3, 0.4) is 0 Å². The molecule has 1 amide bonds. The lowest BCUT2D eigenvalue weighted by atomic mass is 10.3. The van der Waals surface area contributed by atoms with Crippen molar-refractivity contribution in [3.8, 4) is 0 Å². The topological polar surface area (TPSA) is 99.0 Å². The number of hydrogen-bond acceptors (Lipinski definition) is 7.